The summed E-state index contributed by atoms with van der Waals surface area (Å²) in [6.07, 6.45) is 1.65. The van der Waals surface area contributed by atoms with Crippen LogP contribution in [0.3, 0.4) is 0 Å². The zero-order valence-corrected chi connectivity index (χ0v) is 20.7. The van der Waals surface area contributed by atoms with Gasteiger partial charge >= 0.3 is 0 Å². The van der Waals surface area contributed by atoms with Crippen molar-refractivity contribution < 1.29 is 0 Å². The normalized spacial score (nSPS) is 15.1. The third-order valence-electron chi connectivity index (χ3n) is 5.73. The van der Waals surface area contributed by atoms with Gasteiger partial charge < -0.3 is 4.90 Å². The third-order valence-corrected chi connectivity index (χ3v) is 5.73. The molecule has 174 valence electrons. The van der Waals surface area contributed by atoms with E-state index in [1.165, 1.54) is 5.56 Å². The van der Waals surface area contributed by atoms with E-state index in [2.05, 4.69) is 95.4 Å². The fraction of sp³-hybridized carbons (Fsp3) is 0.519. The maximum atomic E-state index is 9.17. The van der Waals surface area contributed by atoms with Gasteiger partial charge in [-0.25, -0.2) is 9.97 Å². The molecule has 2 heterocycles. The number of aromatic nitrogens is 2. The van der Waals surface area contributed by atoms with Crippen molar-refractivity contribution in [2.24, 2.45) is 5.41 Å². The number of nitriles is 1. The Morgan fingerprint density at radius 1 is 1.06 bits per heavy atom. The van der Waals surface area contributed by atoms with Crippen LogP contribution >= 0.6 is 0 Å². The molecule has 1 aromatic heterocycles. The van der Waals surface area contributed by atoms with Gasteiger partial charge in [-0.2, -0.15) is 5.26 Å². The summed E-state index contributed by atoms with van der Waals surface area (Å²) in [5, 5.41) is 9.17. The molecular formula is C27H36N6. The lowest BCUT2D eigenvalue weighted by molar-refractivity contribution is 0.118. The van der Waals surface area contributed by atoms with Gasteiger partial charge in [0.05, 0.1) is 6.54 Å². The van der Waals surface area contributed by atoms with Gasteiger partial charge in [-0.1, -0.05) is 44.7 Å². The molecule has 6 heteroatoms. The van der Waals surface area contributed by atoms with E-state index in [1.54, 1.807) is 6.20 Å². The molecule has 1 saturated heterocycles. The summed E-state index contributed by atoms with van der Waals surface area (Å²) in [4.78, 5) is 15.6. The Labute approximate surface area is 199 Å². The molecule has 0 N–H and O–H groups in total. The Hall–Kier alpha value is -2.93. The zero-order valence-electron chi connectivity index (χ0n) is 20.7. The molecule has 1 aliphatic heterocycles. The topological polar surface area (TPSA) is 59.3 Å². The highest BCUT2D eigenvalue weighted by atomic mass is 15.3. The molecule has 0 aliphatic carbocycles. The van der Waals surface area contributed by atoms with E-state index in [1.807, 2.05) is 12.1 Å². The van der Waals surface area contributed by atoms with Gasteiger partial charge in [0.2, 0.25) is 5.82 Å². The molecular weight excluding hydrogens is 408 g/mol. The lowest BCUT2D eigenvalue weighted by Crippen LogP contribution is -2.48. The molecule has 6 nitrogen and oxygen atoms in total. The van der Waals surface area contributed by atoms with E-state index in [4.69, 9.17) is 0 Å². The summed E-state index contributed by atoms with van der Waals surface area (Å²) < 4.78 is 0. The summed E-state index contributed by atoms with van der Waals surface area (Å²) >= 11 is 0. The summed E-state index contributed by atoms with van der Waals surface area (Å²) in [5.41, 5.74) is 2.31. The summed E-state index contributed by atoms with van der Waals surface area (Å²) in [6.45, 7) is 17.9. The van der Waals surface area contributed by atoms with Crippen LogP contribution in [0.4, 0.5) is 5.82 Å². The maximum Gasteiger partial charge on any atom is 0.234 e. The van der Waals surface area contributed by atoms with E-state index in [-0.39, 0.29) is 11.2 Å². The predicted octanol–water partition coefficient (Wildman–Crippen LogP) is 3.78. The Bertz CT molecular complexity index is 996. The number of benzene rings is 1. The van der Waals surface area contributed by atoms with Gasteiger partial charge in [0.15, 0.2) is 0 Å². The van der Waals surface area contributed by atoms with Crippen LogP contribution in [0.25, 0.3) is 0 Å². The average molecular weight is 445 g/mol. The van der Waals surface area contributed by atoms with Crippen molar-refractivity contribution >= 4 is 5.82 Å². The van der Waals surface area contributed by atoms with Gasteiger partial charge in [-0.15, -0.1) is 0 Å². The standard InChI is InChI=1S/C27H36N6/c1-22(2)32-17-15-31(16-18-32)14-6-7-23-8-10-24(11-9-23)20-33(21-27(3,4)5)26-12-13-29-25(19-28)30-26/h8-13,22H,14-18,20-21H2,1-5H3. The second kappa shape index (κ2) is 11.3. The Morgan fingerprint density at radius 2 is 1.76 bits per heavy atom. The molecule has 1 aromatic carbocycles. The number of anilines is 1. The molecule has 3 rings (SSSR count). The minimum absolute atomic E-state index is 0.0871. The molecule has 0 amide bonds. The highest BCUT2D eigenvalue weighted by Crippen LogP contribution is 2.22. The molecule has 0 saturated carbocycles. The molecule has 1 aliphatic rings. The van der Waals surface area contributed by atoms with Crippen LogP contribution in [0, 0.1) is 28.6 Å². The molecule has 33 heavy (non-hydrogen) atoms. The van der Waals surface area contributed by atoms with Crippen LogP contribution in [-0.2, 0) is 6.54 Å². The first-order valence-electron chi connectivity index (χ1n) is 11.8. The molecule has 0 radical (unpaired) electrons. The average Bonchev–Trinajstić information content (AvgIpc) is 2.79. The maximum absolute atomic E-state index is 9.17. The van der Waals surface area contributed by atoms with Crippen LogP contribution in [0.5, 0.6) is 0 Å². The SMILES string of the molecule is CC(C)N1CCN(CC#Cc2ccc(CN(CC(C)(C)C)c3ccnc(C#N)n3)cc2)CC1. The van der Waals surface area contributed by atoms with Gasteiger partial charge in [0, 0.05) is 57.1 Å². The minimum atomic E-state index is 0.0871. The molecule has 0 unspecified atom stereocenters. The van der Waals surface area contributed by atoms with Crippen molar-refractivity contribution in [3.63, 3.8) is 0 Å². The number of hydrogen-bond donors (Lipinski definition) is 0. The third kappa shape index (κ3) is 7.86. The monoisotopic (exact) mass is 444 g/mol. The highest BCUT2D eigenvalue weighted by Gasteiger charge is 2.19. The Morgan fingerprint density at radius 3 is 2.36 bits per heavy atom. The summed E-state index contributed by atoms with van der Waals surface area (Å²) in [7, 11) is 0. The molecule has 0 bridgehead atoms. The molecule has 0 atom stereocenters. The predicted molar refractivity (Wildman–Crippen MR) is 134 cm³/mol. The van der Waals surface area contributed by atoms with Crippen molar-refractivity contribution in [1.82, 2.24) is 19.8 Å². The largest absolute Gasteiger partial charge is 0.352 e. The lowest BCUT2D eigenvalue weighted by Gasteiger charge is -2.36. The Balaban J connectivity index is 1.61. The van der Waals surface area contributed by atoms with Crippen LogP contribution in [-0.4, -0.2) is 65.1 Å². The van der Waals surface area contributed by atoms with E-state index in [9.17, 15) is 5.26 Å². The smallest absolute Gasteiger partial charge is 0.234 e. The minimum Gasteiger partial charge on any atom is -0.352 e. The molecule has 0 spiro atoms. The number of nitrogens with zero attached hydrogens (tertiary/aromatic N) is 6. The van der Waals surface area contributed by atoms with E-state index < -0.39 is 0 Å². The van der Waals surface area contributed by atoms with Crippen molar-refractivity contribution in [2.45, 2.75) is 47.2 Å². The van der Waals surface area contributed by atoms with Gasteiger partial charge in [-0.05, 0) is 43.0 Å². The first-order valence-corrected chi connectivity index (χ1v) is 11.8. The van der Waals surface area contributed by atoms with E-state index in [0.717, 1.165) is 50.6 Å². The lowest BCUT2D eigenvalue weighted by atomic mass is 9.95. The first-order chi connectivity index (χ1) is 15.7. The van der Waals surface area contributed by atoms with E-state index in [0.29, 0.717) is 12.6 Å². The second-order valence-electron chi connectivity index (χ2n) is 10.2. The fourth-order valence-electron chi connectivity index (χ4n) is 3.97. The van der Waals surface area contributed by atoms with Crippen molar-refractivity contribution in [1.29, 1.82) is 5.26 Å². The summed E-state index contributed by atoms with van der Waals surface area (Å²) in [6, 6.07) is 13.0. The van der Waals surface area contributed by atoms with E-state index >= 15 is 0 Å². The van der Waals surface area contributed by atoms with Crippen LogP contribution in [0.1, 0.15) is 51.6 Å². The van der Waals surface area contributed by atoms with Crippen LogP contribution < -0.4 is 4.90 Å². The van der Waals surface area contributed by atoms with Crippen LogP contribution in [0.15, 0.2) is 36.5 Å². The number of hydrogen-bond acceptors (Lipinski definition) is 6. The number of piperazine rings is 1. The highest BCUT2D eigenvalue weighted by molar-refractivity contribution is 5.42. The first kappa shape index (κ1) is 24.7. The number of rotatable bonds is 6. The quantitative estimate of drug-likeness (QED) is 0.632. The fourth-order valence-corrected chi connectivity index (χ4v) is 3.97. The Kier molecular flexibility index (Phi) is 8.44. The van der Waals surface area contributed by atoms with Crippen molar-refractivity contribution in [3.05, 3.63) is 53.5 Å². The van der Waals surface area contributed by atoms with Crippen molar-refractivity contribution in [2.75, 3.05) is 44.2 Å². The van der Waals surface area contributed by atoms with Crippen LogP contribution in [0.2, 0.25) is 0 Å². The molecule has 2 aromatic rings. The van der Waals surface area contributed by atoms with Gasteiger partial charge in [-0.3, -0.25) is 9.80 Å². The summed E-state index contributed by atoms with van der Waals surface area (Å²) in [5.74, 6) is 7.63. The second-order valence-corrected chi connectivity index (χ2v) is 10.2. The zero-order chi connectivity index (χ0) is 23.8. The van der Waals surface area contributed by atoms with Crippen molar-refractivity contribution in [3.8, 4) is 17.9 Å². The van der Waals surface area contributed by atoms with Gasteiger partial charge in [0.25, 0.3) is 0 Å². The molecule has 1 fully saturated rings. The van der Waals surface area contributed by atoms with Gasteiger partial charge in [0.1, 0.15) is 11.9 Å².